The third-order valence-corrected chi connectivity index (χ3v) is 4.33. The standard InChI is InChI=1S/C20H16FN5O3/c1-29-14-8-6-13(7-9-14)26-19-15(10-23-26)20(28)25(12-22-19)11-18(27)24-17-5-3-2-4-16(17)21/h2-10,12H,11H2,1H3,(H,24,27). The minimum Gasteiger partial charge on any atom is -0.497 e. The maximum absolute atomic E-state index is 13.7. The summed E-state index contributed by atoms with van der Waals surface area (Å²) in [7, 11) is 1.57. The van der Waals surface area contributed by atoms with Crippen LogP contribution in [0.3, 0.4) is 0 Å². The number of ether oxygens (including phenoxy) is 1. The van der Waals surface area contributed by atoms with Crippen molar-refractivity contribution >= 4 is 22.6 Å². The van der Waals surface area contributed by atoms with Gasteiger partial charge in [-0.15, -0.1) is 0 Å². The molecule has 0 unspecified atom stereocenters. The van der Waals surface area contributed by atoms with Crippen molar-refractivity contribution < 1.29 is 13.9 Å². The van der Waals surface area contributed by atoms with Crippen LogP contribution in [0.2, 0.25) is 0 Å². The van der Waals surface area contributed by atoms with Crippen molar-refractivity contribution in [2.75, 3.05) is 12.4 Å². The first-order valence-electron chi connectivity index (χ1n) is 8.69. The Hall–Kier alpha value is -4.01. The molecule has 0 saturated heterocycles. The molecule has 0 bridgehead atoms. The number of amides is 1. The summed E-state index contributed by atoms with van der Waals surface area (Å²) in [6.45, 7) is -0.302. The summed E-state index contributed by atoms with van der Waals surface area (Å²) in [6, 6.07) is 12.9. The summed E-state index contributed by atoms with van der Waals surface area (Å²) in [5.74, 6) is -0.398. The lowest BCUT2D eigenvalue weighted by Gasteiger charge is -2.08. The Labute approximate surface area is 164 Å². The van der Waals surface area contributed by atoms with Gasteiger partial charge < -0.3 is 10.1 Å². The number of aromatic nitrogens is 4. The van der Waals surface area contributed by atoms with Gasteiger partial charge in [0, 0.05) is 0 Å². The summed E-state index contributed by atoms with van der Waals surface area (Å²) >= 11 is 0. The number of hydrogen-bond acceptors (Lipinski definition) is 5. The van der Waals surface area contributed by atoms with Crippen molar-refractivity contribution in [3.8, 4) is 11.4 Å². The first kappa shape index (κ1) is 18.4. The number of nitrogens with one attached hydrogen (secondary N) is 1. The maximum atomic E-state index is 13.7. The summed E-state index contributed by atoms with van der Waals surface area (Å²) in [5, 5.41) is 6.94. The van der Waals surface area contributed by atoms with Crippen LogP contribution >= 0.6 is 0 Å². The number of carbonyl (C=O) groups is 1. The highest BCUT2D eigenvalue weighted by Gasteiger charge is 2.14. The van der Waals surface area contributed by atoms with Crippen molar-refractivity contribution in [3.63, 3.8) is 0 Å². The average Bonchev–Trinajstić information content (AvgIpc) is 3.17. The zero-order valence-electron chi connectivity index (χ0n) is 15.4. The van der Waals surface area contributed by atoms with Gasteiger partial charge in [-0.2, -0.15) is 5.10 Å². The van der Waals surface area contributed by atoms with Crippen LogP contribution in [0, 0.1) is 5.82 Å². The molecular formula is C20H16FN5O3. The maximum Gasteiger partial charge on any atom is 0.264 e. The lowest BCUT2D eigenvalue weighted by atomic mass is 10.3. The number of fused-ring (bicyclic) bond motifs is 1. The lowest BCUT2D eigenvalue weighted by molar-refractivity contribution is -0.116. The molecule has 4 aromatic rings. The quantitative estimate of drug-likeness (QED) is 0.562. The number of methoxy groups -OCH3 is 1. The van der Waals surface area contributed by atoms with Gasteiger partial charge in [0.1, 0.15) is 29.8 Å². The molecule has 2 aromatic carbocycles. The third-order valence-electron chi connectivity index (χ3n) is 4.33. The summed E-state index contributed by atoms with van der Waals surface area (Å²) < 4.78 is 21.5. The molecule has 0 saturated carbocycles. The van der Waals surface area contributed by atoms with Crippen LogP contribution in [0.5, 0.6) is 5.75 Å². The second-order valence-corrected chi connectivity index (χ2v) is 6.20. The van der Waals surface area contributed by atoms with Gasteiger partial charge in [0.25, 0.3) is 5.56 Å². The normalized spacial score (nSPS) is 10.8. The van der Waals surface area contributed by atoms with E-state index in [0.29, 0.717) is 17.1 Å². The van der Waals surface area contributed by atoms with Crippen LogP contribution in [0.15, 0.2) is 65.8 Å². The van der Waals surface area contributed by atoms with E-state index in [1.165, 1.54) is 35.4 Å². The molecule has 0 aliphatic rings. The fourth-order valence-electron chi connectivity index (χ4n) is 2.88. The van der Waals surface area contributed by atoms with E-state index in [0.717, 1.165) is 4.57 Å². The number of nitrogens with zero attached hydrogens (tertiary/aromatic N) is 4. The molecule has 0 aliphatic carbocycles. The molecule has 4 rings (SSSR count). The van der Waals surface area contributed by atoms with Gasteiger partial charge in [-0.25, -0.2) is 14.1 Å². The number of hydrogen-bond donors (Lipinski definition) is 1. The molecule has 0 fully saturated rings. The Morgan fingerprint density at radius 2 is 1.93 bits per heavy atom. The molecular weight excluding hydrogens is 377 g/mol. The number of rotatable bonds is 5. The van der Waals surface area contributed by atoms with E-state index in [4.69, 9.17) is 4.74 Å². The molecule has 0 atom stereocenters. The van der Waals surface area contributed by atoms with Crippen molar-refractivity contribution in [3.05, 3.63) is 77.2 Å². The molecule has 9 heteroatoms. The van der Waals surface area contributed by atoms with E-state index in [9.17, 15) is 14.0 Å². The van der Waals surface area contributed by atoms with Gasteiger partial charge in [-0.3, -0.25) is 14.2 Å². The summed E-state index contributed by atoms with van der Waals surface area (Å²) in [5.41, 5.74) is 0.707. The Kier molecular flexibility index (Phi) is 4.78. The zero-order chi connectivity index (χ0) is 20.4. The third kappa shape index (κ3) is 3.57. The molecule has 2 aromatic heterocycles. The lowest BCUT2D eigenvalue weighted by Crippen LogP contribution is -2.28. The molecule has 1 amide bonds. The second kappa shape index (κ2) is 7.55. The van der Waals surface area contributed by atoms with Gasteiger partial charge in [-0.1, -0.05) is 12.1 Å². The van der Waals surface area contributed by atoms with E-state index in [2.05, 4.69) is 15.4 Å². The molecule has 0 radical (unpaired) electrons. The van der Waals surface area contributed by atoms with Crippen LogP contribution < -0.4 is 15.6 Å². The van der Waals surface area contributed by atoms with Crippen LogP contribution in [-0.2, 0) is 11.3 Å². The molecule has 1 N–H and O–H groups in total. The number of para-hydroxylation sites is 1. The zero-order valence-corrected chi connectivity index (χ0v) is 15.4. The minimum absolute atomic E-state index is 0.0481. The van der Waals surface area contributed by atoms with Gasteiger partial charge in [-0.05, 0) is 36.4 Å². The van der Waals surface area contributed by atoms with Gasteiger partial charge >= 0.3 is 0 Å². The number of anilines is 1. The predicted molar refractivity (Wildman–Crippen MR) is 105 cm³/mol. The van der Waals surface area contributed by atoms with E-state index < -0.39 is 17.3 Å². The van der Waals surface area contributed by atoms with E-state index in [1.807, 2.05) is 0 Å². The number of benzene rings is 2. The number of carbonyl (C=O) groups excluding carboxylic acids is 1. The molecule has 0 aliphatic heterocycles. The van der Waals surface area contributed by atoms with Crippen LogP contribution in [0.25, 0.3) is 16.7 Å². The average molecular weight is 393 g/mol. The smallest absolute Gasteiger partial charge is 0.264 e. The molecule has 0 spiro atoms. The molecule has 29 heavy (non-hydrogen) atoms. The molecule has 8 nitrogen and oxygen atoms in total. The van der Waals surface area contributed by atoms with Crippen LogP contribution in [0.4, 0.5) is 10.1 Å². The first-order valence-corrected chi connectivity index (χ1v) is 8.69. The fourth-order valence-corrected chi connectivity index (χ4v) is 2.88. The van der Waals surface area contributed by atoms with E-state index >= 15 is 0 Å². The largest absolute Gasteiger partial charge is 0.497 e. The Morgan fingerprint density at radius 3 is 2.66 bits per heavy atom. The highest BCUT2D eigenvalue weighted by molar-refractivity contribution is 5.90. The van der Waals surface area contributed by atoms with Crippen LogP contribution in [-0.4, -0.2) is 32.3 Å². The van der Waals surface area contributed by atoms with Crippen molar-refractivity contribution in [2.24, 2.45) is 0 Å². The first-order chi connectivity index (χ1) is 14.1. The van der Waals surface area contributed by atoms with Crippen molar-refractivity contribution in [2.45, 2.75) is 6.54 Å². The Morgan fingerprint density at radius 1 is 1.17 bits per heavy atom. The Balaban J connectivity index is 1.60. The Bertz CT molecular complexity index is 1250. The SMILES string of the molecule is COc1ccc(-n2ncc3c(=O)n(CC(=O)Nc4ccccc4F)cnc32)cc1. The topological polar surface area (TPSA) is 91.0 Å². The highest BCUT2D eigenvalue weighted by atomic mass is 19.1. The fraction of sp³-hybridized carbons (Fsp3) is 0.100. The van der Waals surface area contributed by atoms with Crippen LogP contribution in [0.1, 0.15) is 0 Å². The molecule has 2 heterocycles. The van der Waals surface area contributed by atoms with E-state index in [1.54, 1.807) is 37.4 Å². The number of halogens is 1. The van der Waals surface area contributed by atoms with Gasteiger partial charge in [0.2, 0.25) is 5.91 Å². The van der Waals surface area contributed by atoms with Gasteiger partial charge in [0.05, 0.1) is 24.7 Å². The monoisotopic (exact) mass is 393 g/mol. The summed E-state index contributed by atoms with van der Waals surface area (Å²) in [6.07, 6.45) is 2.67. The van der Waals surface area contributed by atoms with Crippen molar-refractivity contribution in [1.29, 1.82) is 0 Å². The second-order valence-electron chi connectivity index (χ2n) is 6.20. The van der Waals surface area contributed by atoms with Gasteiger partial charge in [0.15, 0.2) is 5.65 Å². The molecule has 146 valence electrons. The predicted octanol–water partition coefficient (Wildman–Crippen LogP) is 2.37. The van der Waals surface area contributed by atoms with E-state index in [-0.39, 0.29) is 17.6 Å². The summed E-state index contributed by atoms with van der Waals surface area (Å²) in [4.78, 5) is 29.2. The highest BCUT2D eigenvalue weighted by Crippen LogP contribution is 2.17. The minimum atomic E-state index is -0.553. The van der Waals surface area contributed by atoms with Crippen molar-refractivity contribution in [1.82, 2.24) is 19.3 Å².